The second-order valence-electron chi connectivity index (χ2n) is 8.31. The Morgan fingerprint density at radius 1 is 1.26 bits per heavy atom. The molecule has 0 bridgehead atoms. The molecule has 3 aromatic rings. The fourth-order valence-corrected chi connectivity index (χ4v) is 4.83. The van der Waals surface area contributed by atoms with Gasteiger partial charge in [-0.3, -0.25) is 19.1 Å². The smallest absolute Gasteiger partial charge is 0.325 e. The number of pyridine rings is 2. The number of carbonyl (C=O) groups excluding carboxylic acids is 1. The fraction of sp³-hybridized carbons (Fsp3) is 0.409. The van der Waals surface area contributed by atoms with Crippen molar-refractivity contribution in [2.45, 2.75) is 25.8 Å². The van der Waals surface area contributed by atoms with Gasteiger partial charge in [-0.25, -0.2) is 4.68 Å². The number of hydrogen-bond acceptors (Lipinski definition) is 8. The summed E-state index contributed by atoms with van der Waals surface area (Å²) in [5.41, 5.74) is -0.227. The lowest BCUT2D eigenvalue weighted by Crippen LogP contribution is -2.34. The van der Waals surface area contributed by atoms with Crippen molar-refractivity contribution < 1.29 is 23.9 Å². The molecule has 0 spiro atoms. The number of ketones is 1. The lowest BCUT2D eigenvalue weighted by Gasteiger charge is -2.33. The van der Waals surface area contributed by atoms with Gasteiger partial charge in [0.2, 0.25) is 11.7 Å². The predicted molar refractivity (Wildman–Crippen MR) is 125 cm³/mol. The van der Waals surface area contributed by atoms with Gasteiger partial charge in [0.1, 0.15) is 23.4 Å². The summed E-state index contributed by atoms with van der Waals surface area (Å²) in [5, 5.41) is 4.97. The largest absolute Gasteiger partial charge is 0.480 e. The Hall–Kier alpha value is -3.14. The summed E-state index contributed by atoms with van der Waals surface area (Å²) in [5.74, 6) is 0.709. The van der Waals surface area contributed by atoms with Gasteiger partial charge in [0.15, 0.2) is 0 Å². The normalized spacial score (nSPS) is 15.0. The van der Waals surface area contributed by atoms with Crippen LogP contribution < -0.4 is 15.2 Å². The Morgan fingerprint density at radius 2 is 2.03 bits per heavy atom. The maximum atomic E-state index is 13.1. The molecule has 3 aromatic heterocycles. The molecule has 4 rings (SSSR count). The molecule has 0 radical (unpaired) electrons. The molecule has 0 unspecified atom stereocenters. The zero-order valence-electron chi connectivity index (χ0n) is 18.7. The predicted octanol–water partition coefficient (Wildman–Crippen LogP) is 1.86. The minimum absolute atomic E-state index is 0.0967. The van der Waals surface area contributed by atoms with Crippen molar-refractivity contribution >= 4 is 30.0 Å². The molecule has 2 N–H and O–H groups in total. The molecule has 0 amide bonds. The van der Waals surface area contributed by atoms with E-state index in [1.54, 1.807) is 24.3 Å². The van der Waals surface area contributed by atoms with E-state index < -0.39 is 13.2 Å². The number of rotatable bonds is 8. The lowest BCUT2D eigenvalue weighted by atomic mass is 9.94. The first-order chi connectivity index (χ1) is 16.2. The fourth-order valence-electron chi connectivity index (χ4n) is 4.13. The summed E-state index contributed by atoms with van der Waals surface area (Å²) in [6.45, 7) is 1.10. The molecular weight excluding hydrogens is 461 g/mol. The van der Waals surface area contributed by atoms with E-state index in [1.165, 1.54) is 19.5 Å². The third kappa shape index (κ3) is 5.49. The third-order valence-electron chi connectivity index (χ3n) is 5.99. The van der Waals surface area contributed by atoms with Crippen LogP contribution in [0.15, 0.2) is 41.5 Å². The first-order valence-electron chi connectivity index (χ1n) is 10.9. The van der Waals surface area contributed by atoms with Crippen molar-refractivity contribution in [3.05, 3.63) is 52.7 Å². The highest BCUT2D eigenvalue weighted by Crippen LogP contribution is 2.38. The highest BCUT2D eigenvalue weighted by molar-refractivity contribution is 7.51. The monoisotopic (exact) mass is 487 g/mol. The molecule has 0 saturated carbocycles. The Labute approximate surface area is 195 Å². The second kappa shape index (κ2) is 10.0. The van der Waals surface area contributed by atoms with E-state index in [4.69, 9.17) is 14.5 Å². The van der Waals surface area contributed by atoms with E-state index in [1.807, 2.05) is 0 Å². The SMILES string of the molecule is COc1nc(N2CCC(CCP(=O)(O)O)CC2)cc2cnn(CC(=O)c3ccccn3)c(=O)c12. The molecule has 4 heterocycles. The van der Waals surface area contributed by atoms with Gasteiger partial charge in [-0.1, -0.05) is 6.07 Å². The van der Waals surface area contributed by atoms with E-state index in [0.717, 1.165) is 17.5 Å². The van der Waals surface area contributed by atoms with Crippen LogP contribution >= 0.6 is 7.60 Å². The first kappa shape index (κ1) is 24.0. The molecule has 1 saturated heterocycles. The van der Waals surface area contributed by atoms with Crippen LogP contribution in [0.4, 0.5) is 5.82 Å². The molecular formula is C22H26N5O6P. The zero-order chi connectivity index (χ0) is 24.3. The van der Waals surface area contributed by atoms with Crippen LogP contribution in [0.5, 0.6) is 5.88 Å². The number of anilines is 1. The number of fused-ring (bicyclic) bond motifs is 1. The number of methoxy groups -OCH3 is 1. The van der Waals surface area contributed by atoms with Crippen LogP contribution in [0, 0.1) is 5.92 Å². The van der Waals surface area contributed by atoms with Crippen LogP contribution in [0.25, 0.3) is 10.8 Å². The van der Waals surface area contributed by atoms with E-state index >= 15 is 0 Å². The van der Waals surface area contributed by atoms with Crippen molar-refractivity contribution in [3.8, 4) is 5.88 Å². The van der Waals surface area contributed by atoms with Gasteiger partial charge in [0.05, 0.1) is 19.5 Å². The molecule has 34 heavy (non-hydrogen) atoms. The summed E-state index contributed by atoms with van der Waals surface area (Å²) in [6, 6.07) is 6.76. The van der Waals surface area contributed by atoms with E-state index in [0.29, 0.717) is 30.7 Å². The van der Waals surface area contributed by atoms with Crippen LogP contribution in [-0.2, 0) is 11.1 Å². The topological polar surface area (TPSA) is 148 Å². The van der Waals surface area contributed by atoms with E-state index in [2.05, 4.69) is 20.0 Å². The Morgan fingerprint density at radius 3 is 2.68 bits per heavy atom. The molecule has 0 atom stereocenters. The second-order valence-corrected chi connectivity index (χ2v) is 10.1. The number of piperidine rings is 1. The van der Waals surface area contributed by atoms with Gasteiger partial charge in [-0.2, -0.15) is 10.1 Å². The van der Waals surface area contributed by atoms with Crippen LogP contribution in [0.3, 0.4) is 0 Å². The van der Waals surface area contributed by atoms with Crippen molar-refractivity contribution in [1.29, 1.82) is 0 Å². The van der Waals surface area contributed by atoms with Crippen molar-refractivity contribution in [3.63, 3.8) is 0 Å². The van der Waals surface area contributed by atoms with Gasteiger partial charge in [0, 0.05) is 24.7 Å². The average Bonchev–Trinajstić information content (AvgIpc) is 2.84. The van der Waals surface area contributed by atoms with Crippen LogP contribution in [-0.4, -0.2) is 61.7 Å². The summed E-state index contributed by atoms with van der Waals surface area (Å²) in [4.78, 5) is 54.4. The number of nitrogens with zero attached hydrogens (tertiary/aromatic N) is 5. The maximum absolute atomic E-state index is 13.1. The highest BCUT2D eigenvalue weighted by atomic mass is 31.2. The summed E-state index contributed by atoms with van der Waals surface area (Å²) >= 11 is 0. The Bertz CT molecular complexity index is 1280. The summed E-state index contributed by atoms with van der Waals surface area (Å²) < 4.78 is 17.6. The first-order valence-corrected chi connectivity index (χ1v) is 12.7. The minimum Gasteiger partial charge on any atom is -0.480 e. The minimum atomic E-state index is -3.98. The van der Waals surface area contributed by atoms with E-state index in [-0.39, 0.29) is 41.4 Å². The number of aromatic nitrogens is 4. The van der Waals surface area contributed by atoms with Gasteiger partial charge in [-0.05, 0) is 43.4 Å². The lowest BCUT2D eigenvalue weighted by molar-refractivity contribution is 0.0961. The Kier molecular flexibility index (Phi) is 7.06. The van der Waals surface area contributed by atoms with Crippen LogP contribution in [0.2, 0.25) is 0 Å². The molecule has 1 fully saturated rings. The van der Waals surface area contributed by atoms with Gasteiger partial charge >= 0.3 is 7.60 Å². The molecule has 12 heteroatoms. The average molecular weight is 487 g/mol. The van der Waals surface area contributed by atoms with Crippen molar-refractivity contribution in [2.24, 2.45) is 5.92 Å². The summed E-state index contributed by atoms with van der Waals surface area (Å²) in [7, 11) is -2.55. The number of hydrogen-bond donors (Lipinski definition) is 2. The third-order valence-corrected chi connectivity index (χ3v) is 6.83. The molecule has 0 aliphatic carbocycles. The number of carbonyl (C=O) groups is 1. The number of ether oxygens (including phenoxy) is 1. The van der Waals surface area contributed by atoms with Gasteiger partial charge in [-0.15, -0.1) is 0 Å². The quantitative estimate of drug-likeness (QED) is 0.356. The van der Waals surface area contributed by atoms with Crippen molar-refractivity contribution in [2.75, 3.05) is 31.3 Å². The van der Waals surface area contributed by atoms with Gasteiger partial charge < -0.3 is 19.4 Å². The molecule has 1 aliphatic heterocycles. The molecule has 0 aromatic carbocycles. The number of Topliss-reactive ketones (excluding diaryl/α,β-unsaturated/α-hetero) is 1. The van der Waals surface area contributed by atoms with Crippen molar-refractivity contribution in [1.82, 2.24) is 19.7 Å². The van der Waals surface area contributed by atoms with E-state index in [9.17, 15) is 14.2 Å². The van der Waals surface area contributed by atoms with Crippen LogP contribution in [0.1, 0.15) is 29.8 Å². The standard InChI is InChI=1S/C22H26N5O6P/c1-33-21-20-16(13-24-27(22(20)29)14-18(28)17-4-2-3-8-23-17)12-19(25-21)26-9-5-15(6-10-26)7-11-34(30,31)32/h2-4,8,12-13,15H,5-7,9-11,14H2,1H3,(H2,30,31,32). The van der Waals surface area contributed by atoms with Gasteiger partial charge in [0.25, 0.3) is 5.56 Å². The molecule has 180 valence electrons. The maximum Gasteiger partial charge on any atom is 0.325 e. The summed E-state index contributed by atoms with van der Waals surface area (Å²) in [6.07, 6.45) is 5.00. The molecule has 1 aliphatic rings. The Balaban J connectivity index is 1.54. The highest BCUT2D eigenvalue weighted by Gasteiger charge is 2.24. The molecule has 11 nitrogen and oxygen atoms in total. The zero-order valence-corrected chi connectivity index (χ0v) is 19.6.